The summed E-state index contributed by atoms with van der Waals surface area (Å²) in [6.45, 7) is 0. The number of halogens is 2. The van der Waals surface area contributed by atoms with Gasteiger partial charge in [-0.3, -0.25) is 0 Å². The van der Waals surface area contributed by atoms with Gasteiger partial charge in [0.25, 0.3) is 0 Å². The van der Waals surface area contributed by atoms with E-state index in [0.717, 1.165) is 5.56 Å². The highest BCUT2D eigenvalue weighted by atomic mass is 35.5. The van der Waals surface area contributed by atoms with Gasteiger partial charge in [0.05, 0.1) is 11.5 Å². The summed E-state index contributed by atoms with van der Waals surface area (Å²) >= 11 is 11.3. The number of hydrogen-bond donors (Lipinski definition) is 0. The fraction of sp³-hybridized carbons (Fsp3) is 0.182. The summed E-state index contributed by atoms with van der Waals surface area (Å²) < 4.78 is 5.13. The number of alkyl halides is 1. The first-order chi connectivity index (χ1) is 7.20. The van der Waals surface area contributed by atoms with E-state index in [0.29, 0.717) is 10.6 Å². The van der Waals surface area contributed by atoms with Crippen LogP contribution in [-0.2, 0) is 9.53 Å². The maximum atomic E-state index is 11.3. The maximum Gasteiger partial charge on any atom is 0.335 e. The number of esters is 1. The minimum absolute atomic E-state index is 0.183. The Morgan fingerprint density at radius 2 is 1.93 bits per heavy atom. The second-order valence-corrected chi connectivity index (χ2v) is 3.91. The van der Waals surface area contributed by atoms with Crippen LogP contribution in [-0.4, -0.2) is 11.8 Å². The molecule has 1 unspecified atom stereocenters. The predicted molar refractivity (Wildman–Crippen MR) is 59.1 cm³/mol. The summed E-state index contributed by atoms with van der Waals surface area (Å²) in [5.41, 5.74) is 1.41. The molecule has 0 saturated heterocycles. The third kappa shape index (κ3) is 2.16. The van der Waals surface area contributed by atoms with Crippen LogP contribution in [0.25, 0.3) is 0 Å². The SMILES string of the molecule is O=C1OC(c2ccc(Cl)cc2)C=C1CCl. The normalized spacial score (nSPS) is 20.0. The average Bonchev–Trinajstić information content (AvgIpc) is 2.61. The van der Waals surface area contributed by atoms with Crippen molar-refractivity contribution >= 4 is 29.2 Å². The molecule has 0 spiro atoms. The molecule has 0 N–H and O–H groups in total. The molecule has 1 atom stereocenters. The molecule has 2 rings (SSSR count). The summed E-state index contributed by atoms with van der Waals surface area (Å²) in [6.07, 6.45) is 1.40. The van der Waals surface area contributed by atoms with E-state index in [9.17, 15) is 4.79 Å². The number of carbonyl (C=O) groups is 1. The zero-order valence-corrected chi connectivity index (χ0v) is 9.26. The van der Waals surface area contributed by atoms with Crippen molar-refractivity contribution in [2.75, 3.05) is 5.88 Å². The van der Waals surface area contributed by atoms with Crippen LogP contribution in [0.1, 0.15) is 11.7 Å². The molecule has 15 heavy (non-hydrogen) atoms. The van der Waals surface area contributed by atoms with Crippen molar-refractivity contribution in [1.82, 2.24) is 0 Å². The molecule has 0 aromatic heterocycles. The monoisotopic (exact) mass is 242 g/mol. The maximum absolute atomic E-state index is 11.3. The number of cyclic esters (lactones) is 1. The molecule has 1 aliphatic heterocycles. The van der Waals surface area contributed by atoms with E-state index in [-0.39, 0.29) is 18.0 Å². The van der Waals surface area contributed by atoms with Gasteiger partial charge in [0.2, 0.25) is 0 Å². The molecule has 4 heteroatoms. The zero-order valence-electron chi connectivity index (χ0n) is 7.74. The summed E-state index contributed by atoms with van der Waals surface area (Å²) in [4.78, 5) is 11.3. The highest BCUT2D eigenvalue weighted by Crippen LogP contribution is 2.28. The molecule has 1 aromatic carbocycles. The molecular weight excluding hydrogens is 235 g/mol. The molecule has 2 nitrogen and oxygen atoms in total. The molecular formula is C11H8Cl2O2. The number of benzene rings is 1. The second kappa shape index (κ2) is 4.25. The van der Waals surface area contributed by atoms with Crippen LogP contribution in [0.3, 0.4) is 0 Å². The summed E-state index contributed by atoms with van der Waals surface area (Å²) in [5, 5.41) is 0.657. The van der Waals surface area contributed by atoms with Gasteiger partial charge in [-0.1, -0.05) is 23.7 Å². The van der Waals surface area contributed by atoms with Gasteiger partial charge in [0.15, 0.2) is 0 Å². The van der Waals surface area contributed by atoms with Gasteiger partial charge in [-0.15, -0.1) is 11.6 Å². The first-order valence-electron chi connectivity index (χ1n) is 4.44. The fourth-order valence-electron chi connectivity index (χ4n) is 1.39. The Balaban J connectivity index is 2.24. The minimum Gasteiger partial charge on any atom is -0.450 e. The van der Waals surface area contributed by atoms with E-state index < -0.39 is 0 Å². The Bertz CT molecular complexity index is 409. The molecule has 0 amide bonds. The number of carbonyl (C=O) groups excluding carboxylic acids is 1. The van der Waals surface area contributed by atoms with E-state index in [1.807, 2.05) is 12.1 Å². The van der Waals surface area contributed by atoms with Gasteiger partial charge in [0.1, 0.15) is 6.10 Å². The van der Waals surface area contributed by atoms with Crippen molar-refractivity contribution in [2.45, 2.75) is 6.10 Å². The lowest BCUT2D eigenvalue weighted by molar-refractivity contribution is -0.139. The molecule has 1 aliphatic rings. The lowest BCUT2D eigenvalue weighted by atomic mass is 10.1. The summed E-state index contributed by atoms with van der Waals surface area (Å²) in [7, 11) is 0. The number of rotatable bonds is 2. The number of hydrogen-bond acceptors (Lipinski definition) is 2. The fourth-order valence-corrected chi connectivity index (χ4v) is 1.72. The number of ether oxygens (including phenoxy) is 1. The van der Waals surface area contributed by atoms with Crippen LogP contribution in [0.5, 0.6) is 0 Å². The smallest absolute Gasteiger partial charge is 0.335 e. The van der Waals surface area contributed by atoms with E-state index in [4.69, 9.17) is 27.9 Å². The van der Waals surface area contributed by atoms with E-state index in [1.165, 1.54) is 0 Å². The molecule has 0 radical (unpaired) electrons. The van der Waals surface area contributed by atoms with Crippen molar-refractivity contribution in [1.29, 1.82) is 0 Å². The highest BCUT2D eigenvalue weighted by Gasteiger charge is 2.25. The molecule has 0 saturated carbocycles. The molecule has 0 fully saturated rings. The molecule has 1 aromatic rings. The van der Waals surface area contributed by atoms with Crippen LogP contribution in [0.2, 0.25) is 5.02 Å². The van der Waals surface area contributed by atoms with E-state index >= 15 is 0 Å². The van der Waals surface area contributed by atoms with Crippen molar-refractivity contribution in [3.8, 4) is 0 Å². The quantitative estimate of drug-likeness (QED) is 0.589. The lowest BCUT2D eigenvalue weighted by Gasteiger charge is -2.07. The first kappa shape index (κ1) is 10.5. The van der Waals surface area contributed by atoms with Gasteiger partial charge in [0, 0.05) is 5.02 Å². The van der Waals surface area contributed by atoms with Crippen molar-refractivity contribution < 1.29 is 9.53 Å². The van der Waals surface area contributed by atoms with Crippen LogP contribution in [0.4, 0.5) is 0 Å². The standard InChI is InChI=1S/C11H8Cl2O2/c12-6-8-5-10(15-11(8)14)7-1-3-9(13)4-2-7/h1-5,10H,6H2. The Labute approximate surface area is 97.4 Å². The van der Waals surface area contributed by atoms with E-state index in [1.54, 1.807) is 18.2 Å². The van der Waals surface area contributed by atoms with Crippen molar-refractivity contribution in [2.24, 2.45) is 0 Å². The van der Waals surface area contributed by atoms with Crippen LogP contribution >= 0.6 is 23.2 Å². The largest absolute Gasteiger partial charge is 0.450 e. The third-order valence-electron chi connectivity index (χ3n) is 2.19. The molecule has 78 valence electrons. The van der Waals surface area contributed by atoms with Crippen molar-refractivity contribution in [3.05, 3.63) is 46.5 Å². The molecule has 0 bridgehead atoms. The van der Waals surface area contributed by atoms with E-state index in [2.05, 4.69) is 0 Å². The second-order valence-electron chi connectivity index (χ2n) is 3.20. The Hall–Kier alpha value is -0.990. The average molecular weight is 243 g/mol. The Morgan fingerprint density at radius 3 is 2.47 bits per heavy atom. The Kier molecular flexibility index (Phi) is 2.98. The summed E-state index contributed by atoms with van der Waals surface area (Å²) in [5.74, 6) is -0.159. The lowest BCUT2D eigenvalue weighted by Crippen LogP contribution is -2.02. The molecule has 0 aliphatic carbocycles. The first-order valence-corrected chi connectivity index (χ1v) is 5.35. The van der Waals surface area contributed by atoms with Crippen LogP contribution in [0.15, 0.2) is 35.9 Å². The predicted octanol–water partition coefficient (Wildman–Crippen LogP) is 3.10. The van der Waals surface area contributed by atoms with Crippen molar-refractivity contribution in [3.63, 3.8) is 0 Å². The van der Waals surface area contributed by atoms with Crippen LogP contribution < -0.4 is 0 Å². The zero-order chi connectivity index (χ0) is 10.8. The third-order valence-corrected chi connectivity index (χ3v) is 2.73. The van der Waals surface area contributed by atoms with Crippen LogP contribution in [0, 0.1) is 0 Å². The van der Waals surface area contributed by atoms with Gasteiger partial charge in [-0.25, -0.2) is 4.79 Å². The van der Waals surface area contributed by atoms with Gasteiger partial charge >= 0.3 is 5.97 Å². The Morgan fingerprint density at radius 1 is 1.27 bits per heavy atom. The molecule has 1 heterocycles. The topological polar surface area (TPSA) is 26.3 Å². The minimum atomic E-state index is -0.343. The van der Waals surface area contributed by atoms with Gasteiger partial charge in [-0.2, -0.15) is 0 Å². The highest BCUT2D eigenvalue weighted by molar-refractivity contribution is 6.30. The van der Waals surface area contributed by atoms with Gasteiger partial charge < -0.3 is 4.74 Å². The summed E-state index contributed by atoms with van der Waals surface area (Å²) in [6, 6.07) is 7.18. The van der Waals surface area contributed by atoms with Gasteiger partial charge in [-0.05, 0) is 23.8 Å².